The Morgan fingerprint density at radius 1 is 1.07 bits per heavy atom. The maximum atomic E-state index is 12.8. The molecule has 3 heterocycles. The second-order valence-corrected chi connectivity index (χ2v) is 8.56. The Balaban J connectivity index is 1.29. The van der Waals surface area contributed by atoms with Crippen LogP contribution in [0.25, 0.3) is 0 Å². The van der Waals surface area contributed by atoms with Crippen molar-refractivity contribution < 1.29 is 9.53 Å². The molecular weight excluding hydrogens is 358 g/mol. The first-order valence-corrected chi connectivity index (χ1v) is 10.7. The highest BCUT2D eigenvalue weighted by atomic mass is 16.5. The van der Waals surface area contributed by atoms with Gasteiger partial charge in [-0.05, 0) is 37.1 Å². The molecule has 1 saturated carbocycles. The van der Waals surface area contributed by atoms with Crippen molar-refractivity contribution in [3.63, 3.8) is 0 Å². The standard InChI is InChI=1S/C19H33N7O2/c1-15-11-23(12-16(2)28-15)13-18-20-21-22-26(18)14-19(27)25-9-7-24(8-10-25)17-5-3-4-6-17/h15-17H,3-14H2,1-2H3/t15-,16+. The SMILES string of the molecule is C[C@@H]1CN(Cc2nnnn2CC(=O)N2CCN(C3CCCC3)CC2)C[C@H](C)O1. The number of hydrogen-bond acceptors (Lipinski definition) is 7. The number of carbonyl (C=O) groups excluding carboxylic acids is 1. The predicted molar refractivity (Wildman–Crippen MR) is 104 cm³/mol. The number of aromatic nitrogens is 4. The molecule has 1 aromatic rings. The van der Waals surface area contributed by atoms with E-state index in [1.54, 1.807) is 4.68 Å². The molecule has 0 unspecified atom stereocenters. The zero-order chi connectivity index (χ0) is 19.5. The molecule has 1 aromatic heterocycles. The smallest absolute Gasteiger partial charge is 0.244 e. The van der Waals surface area contributed by atoms with Crippen molar-refractivity contribution in [1.82, 2.24) is 34.9 Å². The van der Waals surface area contributed by atoms with Crippen molar-refractivity contribution >= 4 is 5.91 Å². The van der Waals surface area contributed by atoms with Gasteiger partial charge in [-0.1, -0.05) is 12.8 Å². The lowest BCUT2D eigenvalue weighted by molar-refractivity contribution is -0.134. The van der Waals surface area contributed by atoms with Crippen LogP contribution in [0.1, 0.15) is 45.4 Å². The highest BCUT2D eigenvalue weighted by molar-refractivity contribution is 5.76. The number of piperazine rings is 1. The van der Waals surface area contributed by atoms with E-state index in [1.807, 2.05) is 4.90 Å². The van der Waals surface area contributed by atoms with E-state index in [4.69, 9.17) is 4.74 Å². The maximum Gasteiger partial charge on any atom is 0.244 e. The fourth-order valence-corrected chi connectivity index (χ4v) is 4.91. The molecule has 9 heteroatoms. The molecule has 0 spiro atoms. The first-order valence-electron chi connectivity index (χ1n) is 10.7. The molecule has 9 nitrogen and oxygen atoms in total. The second kappa shape index (κ2) is 8.84. The fourth-order valence-electron chi connectivity index (χ4n) is 4.91. The van der Waals surface area contributed by atoms with Gasteiger partial charge in [-0.2, -0.15) is 0 Å². The lowest BCUT2D eigenvalue weighted by atomic mass is 10.2. The van der Waals surface area contributed by atoms with Crippen LogP contribution in [0.4, 0.5) is 0 Å². The molecule has 3 fully saturated rings. The van der Waals surface area contributed by atoms with Crippen molar-refractivity contribution in [2.75, 3.05) is 39.3 Å². The van der Waals surface area contributed by atoms with E-state index in [0.29, 0.717) is 6.54 Å². The molecule has 156 valence electrons. The zero-order valence-electron chi connectivity index (χ0n) is 17.2. The zero-order valence-corrected chi connectivity index (χ0v) is 17.2. The summed E-state index contributed by atoms with van der Waals surface area (Å²) in [5.41, 5.74) is 0. The van der Waals surface area contributed by atoms with Crippen LogP contribution in [0.15, 0.2) is 0 Å². The molecule has 4 rings (SSSR count). The number of amides is 1. The number of hydrogen-bond donors (Lipinski definition) is 0. The normalized spacial score (nSPS) is 28.1. The minimum absolute atomic E-state index is 0.114. The summed E-state index contributed by atoms with van der Waals surface area (Å²) < 4.78 is 7.45. The second-order valence-electron chi connectivity index (χ2n) is 8.56. The molecule has 3 aliphatic rings. The molecule has 0 N–H and O–H groups in total. The van der Waals surface area contributed by atoms with Crippen molar-refractivity contribution in [1.29, 1.82) is 0 Å². The molecule has 28 heavy (non-hydrogen) atoms. The Morgan fingerprint density at radius 3 is 2.43 bits per heavy atom. The Morgan fingerprint density at radius 2 is 1.75 bits per heavy atom. The summed E-state index contributed by atoms with van der Waals surface area (Å²) >= 11 is 0. The molecular formula is C19H33N7O2. The monoisotopic (exact) mass is 391 g/mol. The van der Waals surface area contributed by atoms with Crippen LogP contribution in [-0.4, -0.2) is 98.3 Å². The van der Waals surface area contributed by atoms with Gasteiger partial charge in [0.25, 0.3) is 0 Å². The van der Waals surface area contributed by atoms with Crippen LogP contribution in [0.5, 0.6) is 0 Å². The number of morpholine rings is 1. The minimum atomic E-state index is 0.114. The average Bonchev–Trinajstić information content (AvgIpc) is 3.34. The van der Waals surface area contributed by atoms with Gasteiger partial charge in [-0.25, -0.2) is 4.68 Å². The van der Waals surface area contributed by atoms with E-state index >= 15 is 0 Å². The molecule has 2 atom stereocenters. The molecule has 0 bridgehead atoms. The van der Waals surface area contributed by atoms with Gasteiger partial charge in [-0.3, -0.25) is 14.6 Å². The third-order valence-corrected chi connectivity index (χ3v) is 6.26. The van der Waals surface area contributed by atoms with Gasteiger partial charge in [0, 0.05) is 45.3 Å². The van der Waals surface area contributed by atoms with Gasteiger partial charge >= 0.3 is 0 Å². The largest absolute Gasteiger partial charge is 0.373 e. The van der Waals surface area contributed by atoms with Crippen LogP contribution in [-0.2, 0) is 22.6 Å². The summed E-state index contributed by atoms with van der Waals surface area (Å²) in [5.74, 6) is 0.863. The van der Waals surface area contributed by atoms with E-state index in [1.165, 1.54) is 25.7 Å². The van der Waals surface area contributed by atoms with E-state index in [0.717, 1.165) is 51.1 Å². The van der Waals surface area contributed by atoms with E-state index in [9.17, 15) is 4.79 Å². The lowest BCUT2D eigenvalue weighted by Gasteiger charge is -2.38. The van der Waals surface area contributed by atoms with Gasteiger partial charge in [0.15, 0.2) is 5.82 Å². The first-order chi connectivity index (χ1) is 13.6. The van der Waals surface area contributed by atoms with Crippen molar-refractivity contribution in [3.8, 4) is 0 Å². The number of tetrazole rings is 1. The van der Waals surface area contributed by atoms with Crippen molar-refractivity contribution in [2.24, 2.45) is 0 Å². The quantitative estimate of drug-likeness (QED) is 0.717. The summed E-state index contributed by atoms with van der Waals surface area (Å²) in [7, 11) is 0. The minimum Gasteiger partial charge on any atom is -0.373 e. The van der Waals surface area contributed by atoms with E-state index in [-0.39, 0.29) is 24.7 Å². The molecule has 2 aliphatic heterocycles. The first kappa shape index (κ1) is 19.7. The Labute approximate surface area is 167 Å². The van der Waals surface area contributed by atoms with Crippen LogP contribution in [0, 0.1) is 0 Å². The number of nitrogens with zero attached hydrogens (tertiary/aromatic N) is 7. The van der Waals surface area contributed by atoms with Gasteiger partial charge < -0.3 is 9.64 Å². The van der Waals surface area contributed by atoms with Gasteiger partial charge in [0.1, 0.15) is 6.54 Å². The highest BCUT2D eigenvalue weighted by Gasteiger charge is 2.29. The maximum absolute atomic E-state index is 12.8. The molecule has 0 radical (unpaired) electrons. The summed E-state index contributed by atoms with van der Waals surface area (Å²) in [4.78, 5) is 19.6. The molecule has 1 amide bonds. The van der Waals surface area contributed by atoms with E-state index < -0.39 is 0 Å². The van der Waals surface area contributed by atoms with Crippen LogP contribution < -0.4 is 0 Å². The summed E-state index contributed by atoms with van der Waals surface area (Å²) in [6.07, 6.45) is 5.75. The van der Waals surface area contributed by atoms with Crippen molar-refractivity contribution in [2.45, 2.75) is 70.9 Å². The Bertz CT molecular complexity index is 642. The Hall–Kier alpha value is -1.58. The third kappa shape index (κ3) is 4.69. The van der Waals surface area contributed by atoms with Crippen LogP contribution in [0.2, 0.25) is 0 Å². The summed E-state index contributed by atoms with van der Waals surface area (Å²) in [5, 5.41) is 12.0. The molecule has 2 saturated heterocycles. The molecule has 1 aliphatic carbocycles. The summed E-state index contributed by atoms with van der Waals surface area (Å²) in [6, 6.07) is 0.738. The predicted octanol–water partition coefficient (Wildman–Crippen LogP) is 0.369. The highest BCUT2D eigenvalue weighted by Crippen LogP contribution is 2.24. The van der Waals surface area contributed by atoms with Crippen LogP contribution >= 0.6 is 0 Å². The summed E-state index contributed by atoms with van der Waals surface area (Å²) in [6.45, 7) is 10.3. The third-order valence-electron chi connectivity index (χ3n) is 6.26. The number of carbonyl (C=O) groups is 1. The molecule has 0 aromatic carbocycles. The topological polar surface area (TPSA) is 79.6 Å². The van der Waals surface area contributed by atoms with Crippen molar-refractivity contribution in [3.05, 3.63) is 5.82 Å². The number of rotatable bonds is 5. The van der Waals surface area contributed by atoms with Gasteiger partial charge in [0.05, 0.1) is 18.8 Å². The average molecular weight is 392 g/mol. The van der Waals surface area contributed by atoms with Crippen LogP contribution in [0.3, 0.4) is 0 Å². The number of ether oxygens (including phenoxy) is 1. The van der Waals surface area contributed by atoms with Gasteiger partial charge in [0.2, 0.25) is 5.91 Å². The van der Waals surface area contributed by atoms with E-state index in [2.05, 4.69) is 39.2 Å². The fraction of sp³-hybridized carbons (Fsp3) is 0.895. The van der Waals surface area contributed by atoms with Gasteiger partial charge in [-0.15, -0.1) is 5.10 Å². The lowest BCUT2D eigenvalue weighted by Crippen LogP contribution is -2.52. The Kier molecular flexibility index (Phi) is 6.22.